The molecule has 0 bridgehead atoms. The minimum atomic E-state index is 0.384. The predicted molar refractivity (Wildman–Crippen MR) is 71.1 cm³/mol. The van der Waals surface area contributed by atoms with Gasteiger partial charge in [-0.05, 0) is 26.7 Å². The molecule has 1 aliphatic rings. The number of nitrogens with zero attached hydrogens (tertiary/aromatic N) is 3. The van der Waals surface area contributed by atoms with E-state index in [1.165, 1.54) is 32.1 Å². The van der Waals surface area contributed by atoms with E-state index in [4.69, 9.17) is 5.73 Å². The number of anilines is 2. The second-order valence-corrected chi connectivity index (χ2v) is 4.80. The molecule has 1 heterocycles. The third-order valence-corrected chi connectivity index (χ3v) is 3.51. The molecular weight excluding hydrogens is 212 g/mol. The Hall–Kier alpha value is -1.32. The molecule has 0 aliphatic heterocycles. The standard InChI is InChI=1S/C13H22N4/c1-3-17(11-7-5-4-6-8-11)12-9-10(2)15-13(14)16-12/h9,11H,3-8H2,1-2H3,(H2,14,15,16). The Labute approximate surface area is 103 Å². The summed E-state index contributed by atoms with van der Waals surface area (Å²) < 4.78 is 0. The zero-order chi connectivity index (χ0) is 12.3. The van der Waals surface area contributed by atoms with E-state index in [2.05, 4.69) is 21.8 Å². The van der Waals surface area contributed by atoms with Crippen LogP contribution >= 0.6 is 0 Å². The fraction of sp³-hybridized carbons (Fsp3) is 0.692. The first-order valence-electron chi connectivity index (χ1n) is 6.58. The van der Waals surface area contributed by atoms with Crippen LogP contribution in [0.15, 0.2) is 6.07 Å². The molecule has 0 atom stereocenters. The second kappa shape index (κ2) is 5.34. The van der Waals surface area contributed by atoms with Crippen LogP contribution in [0.1, 0.15) is 44.7 Å². The molecule has 4 nitrogen and oxygen atoms in total. The number of hydrogen-bond acceptors (Lipinski definition) is 4. The third kappa shape index (κ3) is 2.87. The van der Waals surface area contributed by atoms with Crippen molar-refractivity contribution in [3.63, 3.8) is 0 Å². The molecule has 0 radical (unpaired) electrons. The van der Waals surface area contributed by atoms with Crippen molar-refractivity contribution >= 4 is 11.8 Å². The van der Waals surface area contributed by atoms with Gasteiger partial charge in [-0.15, -0.1) is 0 Å². The normalized spacial score (nSPS) is 17.1. The number of hydrogen-bond donors (Lipinski definition) is 1. The van der Waals surface area contributed by atoms with Gasteiger partial charge < -0.3 is 10.6 Å². The summed E-state index contributed by atoms with van der Waals surface area (Å²) in [7, 11) is 0. The monoisotopic (exact) mass is 234 g/mol. The maximum atomic E-state index is 5.73. The molecule has 1 aromatic heterocycles. The third-order valence-electron chi connectivity index (χ3n) is 3.51. The zero-order valence-electron chi connectivity index (χ0n) is 10.8. The van der Waals surface area contributed by atoms with Gasteiger partial charge in [0.2, 0.25) is 5.95 Å². The average molecular weight is 234 g/mol. The highest BCUT2D eigenvalue weighted by Crippen LogP contribution is 2.26. The van der Waals surface area contributed by atoms with Crippen LogP contribution in [0.5, 0.6) is 0 Å². The van der Waals surface area contributed by atoms with Crippen LogP contribution in [0.2, 0.25) is 0 Å². The van der Waals surface area contributed by atoms with Crippen molar-refractivity contribution in [2.24, 2.45) is 0 Å². The summed E-state index contributed by atoms with van der Waals surface area (Å²) >= 11 is 0. The average Bonchev–Trinajstić information content (AvgIpc) is 2.30. The molecule has 0 amide bonds. The van der Waals surface area contributed by atoms with Crippen molar-refractivity contribution in [1.29, 1.82) is 0 Å². The van der Waals surface area contributed by atoms with Crippen LogP contribution in [0, 0.1) is 6.92 Å². The number of aromatic nitrogens is 2. The first-order valence-corrected chi connectivity index (χ1v) is 6.58. The van der Waals surface area contributed by atoms with E-state index in [1.807, 2.05) is 13.0 Å². The maximum Gasteiger partial charge on any atom is 0.222 e. The first-order chi connectivity index (χ1) is 8.20. The Morgan fingerprint density at radius 3 is 2.59 bits per heavy atom. The van der Waals surface area contributed by atoms with Crippen molar-refractivity contribution in [3.8, 4) is 0 Å². The molecule has 94 valence electrons. The van der Waals surface area contributed by atoms with Crippen LogP contribution < -0.4 is 10.6 Å². The summed E-state index contributed by atoms with van der Waals surface area (Å²) in [6, 6.07) is 2.66. The van der Waals surface area contributed by atoms with Gasteiger partial charge in [0, 0.05) is 24.3 Å². The predicted octanol–water partition coefficient (Wildman–Crippen LogP) is 2.53. The van der Waals surface area contributed by atoms with E-state index in [9.17, 15) is 0 Å². The van der Waals surface area contributed by atoms with Crippen molar-refractivity contribution in [2.45, 2.75) is 52.0 Å². The molecule has 0 unspecified atom stereocenters. The Balaban J connectivity index is 2.21. The van der Waals surface area contributed by atoms with Crippen LogP contribution in [0.25, 0.3) is 0 Å². The van der Waals surface area contributed by atoms with Gasteiger partial charge in [-0.3, -0.25) is 0 Å². The molecule has 1 fully saturated rings. The van der Waals surface area contributed by atoms with Crippen LogP contribution in [0.3, 0.4) is 0 Å². The van der Waals surface area contributed by atoms with Gasteiger partial charge in [-0.2, -0.15) is 4.98 Å². The highest BCUT2D eigenvalue weighted by Gasteiger charge is 2.21. The van der Waals surface area contributed by atoms with E-state index < -0.39 is 0 Å². The molecule has 0 saturated heterocycles. The van der Waals surface area contributed by atoms with Crippen LogP contribution in [0.4, 0.5) is 11.8 Å². The summed E-state index contributed by atoms with van der Waals surface area (Å²) in [6.07, 6.45) is 6.59. The topological polar surface area (TPSA) is 55.0 Å². The molecular formula is C13H22N4. The molecule has 1 aromatic rings. The molecule has 1 saturated carbocycles. The summed E-state index contributed by atoms with van der Waals surface area (Å²) in [5, 5.41) is 0. The highest BCUT2D eigenvalue weighted by atomic mass is 15.2. The molecule has 4 heteroatoms. The number of aryl methyl sites for hydroxylation is 1. The minimum Gasteiger partial charge on any atom is -0.368 e. The Morgan fingerprint density at radius 2 is 2.00 bits per heavy atom. The molecule has 17 heavy (non-hydrogen) atoms. The van der Waals surface area contributed by atoms with Crippen molar-refractivity contribution in [2.75, 3.05) is 17.2 Å². The number of rotatable bonds is 3. The molecule has 1 aliphatic carbocycles. The zero-order valence-corrected chi connectivity index (χ0v) is 10.8. The minimum absolute atomic E-state index is 0.384. The quantitative estimate of drug-likeness (QED) is 0.873. The molecule has 2 N–H and O–H groups in total. The lowest BCUT2D eigenvalue weighted by Crippen LogP contribution is -2.37. The van der Waals surface area contributed by atoms with Gasteiger partial charge in [0.15, 0.2) is 0 Å². The molecule has 2 rings (SSSR count). The lowest BCUT2D eigenvalue weighted by Gasteiger charge is -2.34. The summed E-state index contributed by atoms with van der Waals surface area (Å²) in [4.78, 5) is 10.9. The van der Waals surface area contributed by atoms with Crippen LogP contribution in [-0.2, 0) is 0 Å². The summed E-state index contributed by atoms with van der Waals surface area (Å²) in [5.41, 5.74) is 6.68. The highest BCUT2D eigenvalue weighted by molar-refractivity contribution is 5.44. The Morgan fingerprint density at radius 1 is 1.29 bits per heavy atom. The van der Waals surface area contributed by atoms with E-state index in [1.54, 1.807) is 0 Å². The molecule has 0 spiro atoms. The van der Waals surface area contributed by atoms with Crippen LogP contribution in [-0.4, -0.2) is 22.6 Å². The maximum absolute atomic E-state index is 5.73. The van der Waals surface area contributed by atoms with Gasteiger partial charge >= 0.3 is 0 Å². The summed E-state index contributed by atoms with van der Waals surface area (Å²) in [6.45, 7) is 5.14. The van der Waals surface area contributed by atoms with Crippen molar-refractivity contribution in [1.82, 2.24) is 9.97 Å². The van der Waals surface area contributed by atoms with Gasteiger partial charge in [-0.1, -0.05) is 19.3 Å². The SMILES string of the molecule is CCN(c1cc(C)nc(N)n1)C1CCCCC1. The van der Waals surface area contributed by atoms with Gasteiger partial charge in [0.25, 0.3) is 0 Å². The fourth-order valence-electron chi connectivity index (χ4n) is 2.72. The van der Waals surface area contributed by atoms with Crippen molar-refractivity contribution in [3.05, 3.63) is 11.8 Å². The fourth-order valence-corrected chi connectivity index (χ4v) is 2.72. The number of nitrogens with two attached hydrogens (primary N) is 1. The lowest BCUT2D eigenvalue weighted by molar-refractivity contribution is 0.416. The van der Waals surface area contributed by atoms with Gasteiger partial charge in [-0.25, -0.2) is 4.98 Å². The number of nitrogen functional groups attached to an aromatic ring is 1. The summed E-state index contributed by atoms with van der Waals surface area (Å²) in [5.74, 6) is 1.37. The van der Waals surface area contributed by atoms with E-state index in [-0.39, 0.29) is 0 Å². The smallest absolute Gasteiger partial charge is 0.222 e. The van der Waals surface area contributed by atoms with Gasteiger partial charge in [0.05, 0.1) is 0 Å². The van der Waals surface area contributed by atoms with Gasteiger partial charge in [0.1, 0.15) is 5.82 Å². The van der Waals surface area contributed by atoms with E-state index >= 15 is 0 Å². The second-order valence-electron chi connectivity index (χ2n) is 4.80. The first kappa shape index (κ1) is 12.1. The van der Waals surface area contributed by atoms with E-state index in [0.29, 0.717) is 12.0 Å². The lowest BCUT2D eigenvalue weighted by atomic mass is 9.94. The Bertz CT molecular complexity index is 351. The van der Waals surface area contributed by atoms with E-state index in [0.717, 1.165) is 18.1 Å². The largest absolute Gasteiger partial charge is 0.368 e. The Kier molecular flexibility index (Phi) is 3.82. The molecule has 0 aromatic carbocycles. The van der Waals surface area contributed by atoms with Crippen molar-refractivity contribution < 1.29 is 0 Å².